The maximum Gasteiger partial charge on any atom is 0.225 e. The van der Waals surface area contributed by atoms with Crippen molar-refractivity contribution in [2.45, 2.75) is 13.3 Å². The summed E-state index contributed by atoms with van der Waals surface area (Å²) < 4.78 is 12.7. The van der Waals surface area contributed by atoms with Gasteiger partial charge in [-0.05, 0) is 24.3 Å². The van der Waals surface area contributed by atoms with Crippen LogP contribution in [0.4, 0.5) is 9.52 Å². The molecule has 0 fully saturated rings. The first-order valence-corrected chi connectivity index (χ1v) is 5.90. The van der Waals surface area contributed by atoms with E-state index in [1.54, 1.807) is 19.1 Å². The lowest BCUT2D eigenvalue weighted by molar-refractivity contribution is -0.115. The van der Waals surface area contributed by atoms with Crippen LogP contribution in [0.3, 0.4) is 0 Å². The van der Waals surface area contributed by atoms with E-state index in [9.17, 15) is 9.18 Å². The molecule has 0 bridgehead atoms. The van der Waals surface area contributed by atoms with E-state index < -0.39 is 0 Å². The number of carbonyl (C=O) groups excluding carboxylic acids is 1. The standard InChI is InChI=1S/C11H10FN3OS/c1-2-9(16)13-11-15-14-10(17-11)7-3-5-8(12)6-4-7/h3-6H,2H2,1H3,(H,13,15,16). The fourth-order valence-corrected chi connectivity index (χ4v) is 1.96. The summed E-state index contributed by atoms with van der Waals surface area (Å²) in [5, 5.41) is 11.5. The van der Waals surface area contributed by atoms with Crippen molar-refractivity contribution in [2.24, 2.45) is 0 Å². The third kappa shape index (κ3) is 2.85. The van der Waals surface area contributed by atoms with E-state index in [-0.39, 0.29) is 11.7 Å². The van der Waals surface area contributed by atoms with Gasteiger partial charge in [0, 0.05) is 12.0 Å². The Morgan fingerprint density at radius 3 is 2.71 bits per heavy atom. The average molecular weight is 251 g/mol. The lowest BCUT2D eigenvalue weighted by Crippen LogP contribution is -2.08. The van der Waals surface area contributed by atoms with Crippen molar-refractivity contribution in [3.8, 4) is 10.6 Å². The quantitative estimate of drug-likeness (QED) is 0.912. The summed E-state index contributed by atoms with van der Waals surface area (Å²) in [6.07, 6.45) is 0.394. The minimum absolute atomic E-state index is 0.105. The van der Waals surface area contributed by atoms with Crippen molar-refractivity contribution < 1.29 is 9.18 Å². The Morgan fingerprint density at radius 2 is 2.06 bits per heavy atom. The van der Waals surface area contributed by atoms with E-state index in [4.69, 9.17) is 0 Å². The number of halogens is 1. The first-order chi connectivity index (χ1) is 8.19. The molecule has 0 aliphatic heterocycles. The van der Waals surface area contributed by atoms with E-state index >= 15 is 0 Å². The molecule has 0 saturated heterocycles. The van der Waals surface area contributed by atoms with Gasteiger partial charge in [0.1, 0.15) is 10.8 Å². The molecule has 2 rings (SSSR count). The molecule has 0 unspecified atom stereocenters. The highest BCUT2D eigenvalue weighted by molar-refractivity contribution is 7.18. The fourth-order valence-electron chi connectivity index (χ4n) is 1.19. The fraction of sp³-hybridized carbons (Fsp3) is 0.182. The Morgan fingerprint density at radius 1 is 1.35 bits per heavy atom. The predicted octanol–water partition coefficient (Wildman–Crippen LogP) is 2.69. The molecule has 0 saturated carbocycles. The second kappa shape index (κ2) is 5.01. The Balaban J connectivity index is 2.18. The van der Waals surface area contributed by atoms with Crippen LogP contribution in [0.5, 0.6) is 0 Å². The largest absolute Gasteiger partial charge is 0.301 e. The first kappa shape index (κ1) is 11.7. The third-order valence-corrected chi connectivity index (χ3v) is 2.97. The molecule has 1 aromatic heterocycles. The van der Waals surface area contributed by atoms with Gasteiger partial charge >= 0.3 is 0 Å². The van der Waals surface area contributed by atoms with Crippen LogP contribution >= 0.6 is 11.3 Å². The highest BCUT2D eigenvalue weighted by atomic mass is 32.1. The van der Waals surface area contributed by atoms with Crippen LogP contribution in [0.15, 0.2) is 24.3 Å². The van der Waals surface area contributed by atoms with Crippen molar-refractivity contribution in [3.63, 3.8) is 0 Å². The van der Waals surface area contributed by atoms with Crippen molar-refractivity contribution >= 4 is 22.4 Å². The monoisotopic (exact) mass is 251 g/mol. The number of nitrogens with zero attached hydrogens (tertiary/aromatic N) is 2. The molecule has 4 nitrogen and oxygen atoms in total. The zero-order valence-corrected chi connectivity index (χ0v) is 9.92. The summed E-state index contributed by atoms with van der Waals surface area (Å²) in [6.45, 7) is 1.76. The van der Waals surface area contributed by atoms with Crippen molar-refractivity contribution in [1.82, 2.24) is 10.2 Å². The lowest BCUT2D eigenvalue weighted by Gasteiger charge is -1.95. The van der Waals surface area contributed by atoms with Crippen LogP contribution in [0.2, 0.25) is 0 Å². The molecule has 0 radical (unpaired) electrons. The Hall–Kier alpha value is -1.82. The zero-order chi connectivity index (χ0) is 12.3. The van der Waals surface area contributed by atoms with Crippen molar-refractivity contribution in [3.05, 3.63) is 30.1 Å². The summed E-state index contributed by atoms with van der Waals surface area (Å²) in [5.74, 6) is -0.399. The summed E-state index contributed by atoms with van der Waals surface area (Å²) in [5.41, 5.74) is 0.779. The molecule has 0 aliphatic carbocycles. The normalized spacial score (nSPS) is 10.2. The van der Waals surface area contributed by atoms with Gasteiger partial charge in [0.25, 0.3) is 0 Å². The number of hydrogen-bond acceptors (Lipinski definition) is 4. The van der Waals surface area contributed by atoms with Crippen LogP contribution in [0.1, 0.15) is 13.3 Å². The van der Waals surface area contributed by atoms with E-state index in [0.717, 1.165) is 5.56 Å². The molecule has 1 N–H and O–H groups in total. The topological polar surface area (TPSA) is 54.9 Å². The highest BCUT2D eigenvalue weighted by Gasteiger charge is 2.08. The number of carbonyl (C=O) groups is 1. The van der Waals surface area contributed by atoms with Gasteiger partial charge in [0.15, 0.2) is 0 Å². The maximum atomic E-state index is 12.7. The van der Waals surface area contributed by atoms with Crippen molar-refractivity contribution in [1.29, 1.82) is 0 Å². The van der Waals surface area contributed by atoms with Gasteiger partial charge in [0.2, 0.25) is 11.0 Å². The second-order valence-corrected chi connectivity index (χ2v) is 4.30. The third-order valence-electron chi connectivity index (χ3n) is 2.08. The van der Waals surface area contributed by atoms with Gasteiger partial charge in [0.05, 0.1) is 0 Å². The maximum absolute atomic E-state index is 12.7. The van der Waals surface area contributed by atoms with Crippen LogP contribution in [-0.2, 0) is 4.79 Å². The number of anilines is 1. The van der Waals surface area contributed by atoms with Gasteiger partial charge in [-0.1, -0.05) is 18.3 Å². The smallest absolute Gasteiger partial charge is 0.225 e. The second-order valence-electron chi connectivity index (χ2n) is 3.32. The molecule has 1 aromatic carbocycles. The summed E-state index contributed by atoms with van der Waals surface area (Å²) >= 11 is 1.26. The molecule has 6 heteroatoms. The Kier molecular flexibility index (Phi) is 3.43. The van der Waals surface area contributed by atoms with Crippen LogP contribution in [-0.4, -0.2) is 16.1 Å². The summed E-state index contributed by atoms with van der Waals surface area (Å²) in [6, 6.07) is 5.98. The van der Waals surface area contributed by atoms with E-state index in [2.05, 4.69) is 15.5 Å². The molecular weight excluding hydrogens is 241 g/mol. The minimum Gasteiger partial charge on any atom is -0.301 e. The SMILES string of the molecule is CCC(=O)Nc1nnc(-c2ccc(F)cc2)s1. The van der Waals surface area contributed by atoms with Crippen molar-refractivity contribution in [2.75, 3.05) is 5.32 Å². The number of amides is 1. The molecule has 1 heterocycles. The van der Waals surface area contributed by atoms with Gasteiger partial charge in [-0.15, -0.1) is 10.2 Å². The number of benzene rings is 1. The van der Waals surface area contributed by atoms with Gasteiger partial charge in [-0.2, -0.15) is 0 Å². The summed E-state index contributed by atoms with van der Waals surface area (Å²) in [7, 11) is 0. The minimum atomic E-state index is -0.294. The Bertz CT molecular complexity index is 524. The van der Waals surface area contributed by atoms with Gasteiger partial charge < -0.3 is 5.32 Å². The molecule has 0 spiro atoms. The molecule has 0 aliphatic rings. The highest BCUT2D eigenvalue weighted by Crippen LogP contribution is 2.26. The number of aromatic nitrogens is 2. The molecule has 0 atom stereocenters. The van der Waals surface area contributed by atoms with E-state index in [0.29, 0.717) is 16.6 Å². The Labute approximate surface area is 102 Å². The van der Waals surface area contributed by atoms with Crippen LogP contribution in [0, 0.1) is 5.82 Å². The molecule has 17 heavy (non-hydrogen) atoms. The van der Waals surface area contributed by atoms with Gasteiger partial charge in [-0.3, -0.25) is 4.79 Å². The molecule has 88 valence electrons. The number of nitrogens with one attached hydrogen (secondary N) is 1. The van der Waals surface area contributed by atoms with Crippen LogP contribution < -0.4 is 5.32 Å². The van der Waals surface area contributed by atoms with Crippen LogP contribution in [0.25, 0.3) is 10.6 Å². The number of hydrogen-bond donors (Lipinski definition) is 1. The predicted molar refractivity (Wildman–Crippen MR) is 64.2 cm³/mol. The molecular formula is C11H10FN3OS. The lowest BCUT2D eigenvalue weighted by atomic mass is 10.2. The number of rotatable bonds is 3. The van der Waals surface area contributed by atoms with E-state index in [1.807, 2.05) is 0 Å². The van der Waals surface area contributed by atoms with Gasteiger partial charge in [-0.25, -0.2) is 4.39 Å². The average Bonchev–Trinajstić information content (AvgIpc) is 2.78. The summed E-state index contributed by atoms with van der Waals surface area (Å²) in [4.78, 5) is 11.1. The first-order valence-electron chi connectivity index (χ1n) is 5.08. The molecule has 1 amide bonds. The van der Waals surface area contributed by atoms with E-state index in [1.165, 1.54) is 23.5 Å². The zero-order valence-electron chi connectivity index (χ0n) is 9.11. The molecule has 2 aromatic rings.